The van der Waals surface area contributed by atoms with Crippen molar-refractivity contribution in [3.63, 3.8) is 0 Å². The molecular formula is C19H22N4O4S. The number of hydrogen-bond acceptors (Lipinski definition) is 7. The molecule has 1 aliphatic carbocycles. The number of carbonyl (C=O) groups is 1. The number of nitrogens with one attached hydrogen (secondary N) is 2. The summed E-state index contributed by atoms with van der Waals surface area (Å²) in [5.74, 6) is 0.762. The Kier molecular flexibility index (Phi) is 5.93. The van der Waals surface area contributed by atoms with Crippen LogP contribution in [-0.2, 0) is 9.84 Å². The SMILES string of the molecule is CNc1ncc(C(=O)N[C@H](/C=C/S(C)(=O)=O)C2CC2)c(Oc2ccccc2)n1. The molecule has 2 N–H and O–H groups in total. The number of aromatic nitrogens is 2. The molecule has 8 nitrogen and oxygen atoms in total. The number of carbonyl (C=O) groups excluding carboxylic acids is 1. The molecule has 2 aromatic rings. The molecule has 28 heavy (non-hydrogen) atoms. The van der Waals surface area contributed by atoms with E-state index in [1.165, 1.54) is 12.3 Å². The van der Waals surface area contributed by atoms with E-state index >= 15 is 0 Å². The lowest BCUT2D eigenvalue weighted by atomic mass is 10.1. The van der Waals surface area contributed by atoms with E-state index in [1.54, 1.807) is 19.2 Å². The Hall–Kier alpha value is -2.94. The Morgan fingerprint density at radius 3 is 2.61 bits per heavy atom. The molecule has 1 aliphatic rings. The average Bonchev–Trinajstić information content (AvgIpc) is 3.50. The molecule has 1 fully saturated rings. The van der Waals surface area contributed by atoms with E-state index in [0.717, 1.165) is 24.5 Å². The summed E-state index contributed by atoms with van der Waals surface area (Å²) < 4.78 is 28.6. The number of para-hydroxylation sites is 1. The van der Waals surface area contributed by atoms with Gasteiger partial charge in [0.1, 0.15) is 11.3 Å². The van der Waals surface area contributed by atoms with Crippen LogP contribution in [0.5, 0.6) is 11.6 Å². The van der Waals surface area contributed by atoms with Gasteiger partial charge in [-0.15, -0.1) is 0 Å². The molecule has 3 rings (SSSR count). The predicted octanol–water partition coefficient (Wildman–Crippen LogP) is 2.38. The van der Waals surface area contributed by atoms with Crippen molar-refractivity contribution in [1.29, 1.82) is 0 Å². The van der Waals surface area contributed by atoms with Crippen LogP contribution in [0.3, 0.4) is 0 Å². The number of rotatable bonds is 8. The van der Waals surface area contributed by atoms with Gasteiger partial charge in [-0.1, -0.05) is 24.3 Å². The fourth-order valence-electron chi connectivity index (χ4n) is 2.56. The van der Waals surface area contributed by atoms with E-state index in [1.807, 2.05) is 18.2 Å². The van der Waals surface area contributed by atoms with Gasteiger partial charge >= 0.3 is 0 Å². The first-order valence-electron chi connectivity index (χ1n) is 8.82. The lowest BCUT2D eigenvalue weighted by Crippen LogP contribution is -2.35. The van der Waals surface area contributed by atoms with Gasteiger partial charge < -0.3 is 15.4 Å². The van der Waals surface area contributed by atoms with Crippen LogP contribution in [0.2, 0.25) is 0 Å². The van der Waals surface area contributed by atoms with Crippen LogP contribution < -0.4 is 15.4 Å². The van der Waals surface area contributed by atoms with Crippen LogP contribution in [0, 0.1) is 5.92 Å². The second-order valence-electron chi connectivity index (χ2n) is 6.57. The Balaban J connectivity index is 1.84. The van der Waals surface area contributed by atoms with Crippen molar-refractivity contribution in [2.75, 3.05) is 18.6 Å². The summed E-state index contributed by atoms with van der Waals surface area (Å²) in [4.78, 5) is 21.2. The molecule has 1 saturated carbocycles. The predicted molar refractivity (Wildman–Crippen MR) is 106 cm³/mol. The highest BCUT2D eigenvalue weighted by Gasteiger charge is 2.32. The number of sulfone groups is 1. The Labute approximate surface area is 164 Å². The number of anilines is 1. The van der Waals surface area contributed by atoms with Gasteiger partial charge in [-0.25, -0.2) is 13.4 Å². The zero-order valence-electron chi connectivity index (χ0n) is 15.6. The van der Waals surface area contributed by atoms with Crippen LogP contribution in [0.25, 0.3) is 0 Å². The molecule has 0 bridgehead atoms. The summed E-state index contributed by atoms with van der Waals surface area (Å²) >= 11 is 0. The summed E-state index contributed by atoms with van der Waals surface area (Å²) in [5, 5.41) is 6.80. The standard InChI is InChI=1S/C19H22N4O4S/c1-20-19-21-12-15(18(23-19)27-14-6-4-3-5-7-14)17(24)22-16(13-8-9-13)10-11-28(2,25)26/h3-7,10-13,16H,8-9H2,1-2H3,(H,22,24)(H,20,21,23)/b11-10+/t16-/m1/s1. The first-order chi connectivity index (χ1) is 13.4. The third-order valence-corrected chi connectivity index (χ3v) is 4.79. The summed E-state index contributed by atoms with van der Waals surface area (Å²) in [6, 6.07) is 8.61. The average molecular weight is 402 g/mol. The lowest BCUT2D eigenvalue weighted by molar-refractivity contribution is 0.0937. The third kappa shape index (κ3) is 5.53. The highest BCUT2D eigenvalue weighted by atomic mass is 32.2. The van der Waals surface area contributed by atoms with Gasteiger partial charge in [0.25, 0.3) is 5.91 Å². The molecule has 148 valence electrons. The maximum absolute atomic E-state index is 12.8. The third-order valence-electron chi connectivity index (χ3n) is 4.14. The molecule has 1 aromatic heterocycles. The van der Waals surface area contributed by atoms with E-state index in [2.05, 4.69) is 20.6 Å². The minimum Gasteiger partial charge on any atom is -0.438 e. The topological polar surface area (TPSA) is 110 Å². The molecule has 1 aromatic carbocycles. The summed E-state index contributed by atoms with van der Waals surface area (Å²) in [5.41, 5.74) is 0.168. The molecule has 1 amide bonds. The Morgan fingerprint density at radius 2 is 2.00 bits per heavy atom. The molecule has 0 spiro atoms. The molecular weight excluding hydrogens is 380 g/mol. The van der Waals surface area contributed by atoms with Gasteiger partial charge in [-0.3, -0.25) is 4.79 Å². The number of benzene rings is 1. The first kappa shape index (κ1) is 19.8. The zero-order chi connectivity index (χ0) is 20.1. The van der Waals surface area contributed by atoms with Gasteiger partial charge in [0, 0.05) is 24.9 Å². The van der Waals surface area contributed by atoms with Crippen LogP contribution in [0.4, 0.5) is 5.95 Å². The number of amides is 1. The van der Waals surface area contributed by atoms with Gasteiger partial charge in [0.2, 0.25) is 11.8 Å². The van der Waals surface area contributed by atoms with Crippen molar-refractivity contribution >= 4 is 21.7 Å². The monoisotopic (exact) mass is 402 g/mol. The highest BCUT2D eigenvalue weighted by Crippen LogP contribution is 2.34. The van der Waals surface area contributed by atoms with Crippen molar-refractivity contribution < 1.29 is 17.9 Å². The van der Waals surface area contributed by atoms with E-state index in [4.69, 9.17) is 4.74 Å². The second kappa shape index (κ2) is 8.39. The van der Waals surface area contributed by atoms with Gasteiger partial charge in [-0.2, -0.15) is 4.98 Å². The van der Waals surface area contributed by atoms with E-state index in [-0.39, 0.29) is 23.4 Å². The molecule has 1 heterocycles. The lowest BCUT2D eigenvalue weighted by Gasteiger charge is -2.16. The fraction of sp³-hybridized carbons (Fsp3) is 0.316. The second-order valence-corrected chi connectivity index (χ2v) is 8.50. The van der Waals surface area contributed by atoms with E-state index < -0.39 is 15.7 Å². The minimum atomic E-state index is -3.27. The maximum Gasteiger partial charge on any atom is 0.258 e. The number of ether oxygens (including phenoxy) is 1. The normalized spacial score (nSPS) is 15.2. The fourth-order valence-corrected chi connectivity index (χ4v) is 3.01. The quantitative estimate of drug-likeness (QED) is 0.697. The molecule has 0 unspecified atom stereocenters. The smallest absolute Gasteiger partial charge is 0.258 e. The summed E-state index contributed by atoms with van der Waals surface area (Å²) in [6.07, 6.45) is 5.89. The molecule has 1 atom stereocenters. The van der Waals surface area contributed by atoms with Gasteiger partial charge in [-0.05, 0) is 30.9 Å². The zero-order valence-corrected chi connectivity index (χ0v) is 16.4. The van der Waals surface area contributed by atoms with E-state index in [0.29, 0.717) is 11.7 Å². The number of nitrogens with zero attached hydrogens (tertiary/aromatic N) is 2. The van der Waals surface area contributed by atoms with Crippen molar-refractivity contribution in [3.8, 4) is 11.6 Å². The van der Waals surface area contributed by atoms with Crippen molar-refractivity contribution in [3.05, 3.63) is 53.6 Å². The summed E-state index contributed by atoms with van der Waals surface area (Å²) in [7, 11) is -1.61. The van der Waals surface area contributed by atoms with Crippen LogP contribution in [0.1, 0.15) is 23.2 Å². The van der Waals surface area contributed by atoms with Crippen molar-refractivity contribution in [2.24, 2.45) is 5.92 Å². The van der Waals surface area contributed by atoms with E-state index in [9.17, 15) is 13.2 Å². The van der Waals surface area contributed by atoms with Crippen molar-refractivity contribution in [1.82, 2.24) is 15.3 Å². The Bertz CT molecular complexity index is 973. The van der Waals surface area contributed by atoms with Gasteiger partial charge in [0.05, 0.1) is 6.04 Å². The maximum atomic E-state index is 12.8. The molecule has 0 saturated heterocycles. The van der Waals surface area contributed by atoms with Gasteiger partial charge in [0.15, 0.2) is 9.84 Å². The van der Waals surface area contributed by atoms with Crippen molar-refractivity contribution in [2.45, 2.75) is 18.9 Å². The molecule has 9 heteroatoms. The summed E-state index contributed by atoms with van der Waals surface area (Å²) in [6.45, 7) is 0. The largest absolute Gasteiger partial charge is 0.438 e. The molecule has 0 aliphatic heterocycles. The highest BCUT2D eigenvalue weighted by molar-refractivity contribution is 7.93. The Morgan fingerprint density at radius 1 is 1.29 bits per heavy atom. The minimum absolute atomic E-state index is 0.115. The molecule has 0 radical (unpaired) electrons. The number of hydrogen-bond donors (Lipinski definition) is 2. The first-order valence-corrected chi connectivity index (χ1v) is 10.8. The van der Waals surface area contributed by atoms with Crippen LogP contribution in [-0.4, -0.2) is 43.6 Å². The van der Waals surface area contributed by atoms with Crippen LogP contribution >= 0.6 is 0 Å². The van der Waals surface area contributed by atoms with Crippen LogP contribution in [0.15, 0.2) is 48.0 Å².